The lowest BCUT2D eigenvalue weighted by molar-refractivity contribution is -0.123. The Bertz CT molecular complexity index is 1030. The highest BCUT2D eigenvalue weighted by molar-refractivity contribution is 6.44. The molecule has 0 aliphatic rings. The van der Waals surface area contributed by atoms with Crippen LogP contribution in [0.2, 0.25) is 20.1 Å². The predicted molar refractivity (Wildman–Crippen MR) is 112 cm³/mol. The number of furan rings is 1. The second-order valence-electron chi connectivity index (χ2n) is 5.46. The Hall–Kier alpha value is -2.18. The maximum atomic E-state index is 11.8. The van der Waals surface area contributed by atoms with Gasteiger partial charge in [-0.2, -0.15) is 5.10 Å². The average Bonchev–Trinajstić information content (AvgIpc) is 3.12. The van der Waals surface area contributed by atoms with Gasteiger partial charge in [0.15, 0.2) is 6.61 Å². The van der Waals surface area contributed by atoms with E-state index in [2.05, 4.69) is 10.5 Å². The molecule has 1 heterocycles. The van der Waals surface area contributed by atoms with Crippen molar-refractivity contribution < 1.29 is 13.9 Å². The molecular weight excluding hydrogens is 446 g/mol. The molecule has 3 aromatic rings. The SMILES string of the molecule is O=C(COc1ccccc1Cl)N/N=C\c1ccc(-c2cc(Cl)c(Cl)cc2Cl)o1. The first-order chi connectivity index (χ1) is 13.4. The third kappa shape index (κ3) is 5.20. The summed E-state index contributed by atoms with van der Waals surface area (Å²) in [6.07, 6.45) is 1.35. The van der Waals surface area contributed by atoms with E-state index in [0.717, 1.165) is 0 Å². The Morgan fingerprint density at radius 3 is 2.54 bits per heavy atom. The van der Waals surface area contributed by atoms with Crippen LogP contribution >= 0.6 is 46.4 Å². The van der Waals surface area contributed by atoms with Crippen LogP contribution in [0.5, 0.6) is 5.75 Å². The summed E-state index contributed by atoms with van der Waals surface area (Å²) in [5, 5.41) is 5.36. The van der Waals surface area contributed by atoms with Crippen molar-refractivity contribution >= 4 is 58.5 Å². The quantitative estimate of drug-likeness (QED) is 0.276. The second kappa shape index (κ2) is 9.34. The van der Waals surface area contributed by atoms with Gasteiger partial charge < -0.3 is 9.15 Å². The molecule has 0 fully saturated rings. The highest BCUT2D eigenvalue weighted by Crippen LogP contribution is 2.35. The number of benzene rings is 2. The van der Waals surface area contributed by atoms with Crippen LogP contribution in [0.1, 0.15) is 5.76 Å². The van der Waals surface area contributed by atoms with Crippen LogP contribution < -0.4 is 10.2 Å². The monoisotopic (exact) mass is 456 g/mol. The van der Waals surface area contributed by atoms with Crippen LogP contribution in [0.3, 0.4) is 0 Å². The van der Waals surface area contributed by atoms with Crippen molar-refractivity contribution in [1.29, 1.82) is 0 Å². The van der Waals surface area contributed by atoms with Crippen molar-refractivity contribution in [3.63, 3.8) is 0 Å². The molecule has 0 bridgehead atoms. The van der Waals surface area contributed by atoms with Crippen molar-refractivity contribution in [1.82, 2.24) is 5.43 Å². The largest absolute Gasteiger partial charge is 0.482 e. The van der Waals surface area contributed by atoms with Gasteiger partial charge in [0.25, 0.3) is 5.91 Å². The van der Waals surface area contributed by atoms with E-state index in [9.17, 15) is 4.79 Å². The van der Waals surface area contributed by atoms with E-state index < -0.39 is 5.91 Å². The number of hydrogen-bond donors (Lipinski definition) is 1. The van der Waals surface area contributed by atoms with Gasteiger partial charge in [0, 0.05) is 5.56 Å². The number of halogens is 4. The summed E-state index contributed by atoms with van der Waals surface area (Å²) in [7, 11) is 0. The first kappa shape index (κ1) is 20.6. The lowest BCUT2D eigenvalue weighted by atomic mass is 10.2. The Labute approximate surface area is 180 Å². The van der Waals surface area contributed by atoms with E-state index in [1.807, 2.05) is 0 Å². The summed E-state index contributed by atoms with van der Waals surface area (Å²) in [6, 6.07) is 13.4. The van der Waals surface area contributed by atoms with Crippen LogP contribution in [0.4, 0.5) is 0 Å². The Morgan fingerprint density at radius 1 is 1.00 bits per heavy atom. The van der Waals surface area contributed by atoms with Crippen LogP contribution in [0.25, 0.3) is 11.3 Å². The maximum absolute atomic E-state index is 11.8. The Balaban J connectivity index is 1.58. The molecule has 5 nitrogen and oxygen atoms in total. The number of nitrogens with zero attached hydrogens (tertiary/aromatic N) is 1. The normalized spacial score (nSPS) is 11.0. The lowest BCUT2D eigenvalue weighted by Crippen LogP contribution is -2.24. The van der Waals surface area contributed by atoms with Gasteiger partial charge in [0.1, 0.15) is 17.3 Å². The minimum atomic E-state index is -0.449. The molecular formula is C19H12Cl4N2O3. The fourth-order valence-electron chi connectivity index (χ4n) is 2.18. The zero-order chi connectivity index (χ0) is 20.1. The zero-order valence-corrected chi connectivity index (χ0v) is 17.1. The van der Waals surface area contributed by atoms with Gasteiger partial charge in [-0.1, -0.05) is 58.5 Å². The fourth-order valence-corrected chi connectivity index (χ4v) is 3.01. The van der Waals surface area contributed by atoms with Gasteiger partial charge in [0.05, 0.1) is 26.3 Å². The minimum Gasteiger partial charge on any atom is -0.482 e. The molecule has 28 heavy (non-hydrogen) atoms. The smallest absolute Gasteiger partial charge is 0.277 e. The summed E-state index contributed by atoms with van der Waals surface area (Å²) in [6.45, 7) is -0.233. The number of hydrazone groups is 1. The molecule has 3 rings (SSSR count). The zero-order valence-electron chi connectivity index (χ0n) is 14.1. The highest BCUT2D eigenvalue weighted by atomic mass is 35.5. The molecule has 144 valence electrons. The number of carbonyl (C=O) groups is 1. The standard InChI is InChI=1S/C19H12Cl4N2O3/c20-13-3-1-2-4-18(13)27-10-19(26)25-24-9-11-5-6-17(28-11)12-7-15(22)16(23)8-14(12)21/h1-9H,10H2,(H,25,26)/b24-9-. The predicted octanol–water partition coefficient (Wildman–Crippen LogP) is 6.09. The molecule has 0 atom stereocenters. The van der Waals surface area contributed by atoms with Crippen molar-refractivity contribution in [3.8, 4) is 17.1 Å². The second-order valence-corrected chi connectivity index (χ2v) is 7.09. The van der Waals surface area contributed by atoms with Crippen molar-refractivity contribution in [3.05, 3.63) is 74.4 Å². The Kier molecular flexibility index (Phi) is 6.86. The molecule has 0 spiro atoms. The molecule has 1 aromatic heterocycles. The third-order valence-electron chi connectivity index (χ3n) is 3.48. The highest BCUT2D eigenvalue weighted by Gasteiger charge is 2.11. The van der Waals surface area contributed by atoms with E-state index in [-0.39, 0.29) is 6.61 Å². The van der Waals surface area contributed by atoms with Gasteiger partial charge >= 0.3 is 0 Å². The van der Waals surface area contributed by atoms with E-state index >= 15 is 0 Å². The van der Waals surface area contributed by atoms with Crippen molar-refractivity contribution in [2.24, 2.45) is 5.10 Å². The van der Waals surface area contributed by atoms with Gasteiger partial charge in [-0.15, -0.1) is 0 Å². The van der Waals surface area contributed by atoms with E-state index in [0.29, 0.717) is 42.9 Å². The molecule has 2 aromatic carbocycles. The summed E-state index contributed by atoms with van der Waals surface area (Å²) < 4.78 is 11.0. The summed E-state index contributed by atoms with van der Waals surface area (Å²) >= 11 is 24.1. The lowest BCUT2D eigenvalue weighted by Gasteiger charge is -2.06. The fraction of sp³-hybridized carbons (Fsp3) is 0.0526. The minimum absolute atomic E-state index is 0.233. The molecule has 0 aliphatic carbocycles. The third-order valence-corrected chi connectivity index (χ3v) is 4.83. The van der Waals surface area contributed by atoms with Gasteiger partial charge in [-0.3, -0.25) is 4.79 Å². The molecule has 1 N–H and O–H groups in total. The number of amides is 1. The summed E-state index contributed by atoms with van der Waals surface area (Å²) in [4.78, 5) is 11.8. The van der Waals surface area contributed by atoms with Crippen LogP contribution in [0.15, 0.2) is 58.0 Å². The van der Waals surface area contributed by atoms with Crippen molar-refractivity contribution in [2.75, 3.05) is 6.61 Å². The molecule has 0 unspecified atom stereocenters. The summed E-state index contributed by atoms with van der Waals surface area (Å²) in [5.41, 5.74) is 2.93. The average molecular weight is 458 g/mol. The van der Waals surface area contributed by atoms with Crippen LogP contribution in [0, 0.1) is 0 Å². The molecule has 0 aliphatic heterocycles. The van der Waals surface area contributed by atoms with E-state index in [1.54, 1.807) is 42.5 Å². The first-order valence-corrected chi connectivity index (χ1v) is 9.39. The summed E-state index contributed by atoms with van der Waals surface area (Å²) in [5.74, 6) is 0.857. The Morgan fingerprint density at radius 2 is 1.75 bits per heavy atom. The van der Waals surface area contributed by atoms with Crippen LogP contribution in [-0.2, 0) is 4.79 Å². The topological polar surface area (TPSA) is 63.8 Å². The van der Waals surface area contributed by atoms with Gasteiger partial charge in [-0.05, 0) is 36.4 Å². The number of carbonyl (C=O) groups excluding carboxylic acids is 1. The van der Waals surface area contributed by atoms with Crippen molar-refractivity contribution in [2.45, 2.75) is 0 Å². The molecule has 9 heteroatoms. The molecule has 0 saturated heterocycles. The van der Waals surface area contributed by atoms with E-state index in [4.69, 9.17) is 55.6 Å². The number of hydrogen-bond acceptors (Lipinski definition) is 4. The first-order valence-electron chi connectivity index (χ1n) is 7.88. The number of nitrogens with one attached hydrogen (secondary N) is 1. The van der Waals surface area contributed by atoms with Gasteiger partial charge in [0.2, 0.25) is 0 Å². The van der Waals surface area contributed by atoms with Crippen LogP contribution in [-0.4, -0.2) is 18.7 Å². The van der Waals surface area contributed by atoms with Gasteiger partial charge in [-0.25, -0.2) is 5.43 Å². The maximum Gasteiger partial charge on any atom is 0.277 e. The molecule has 0 saturated carbocycles. The molecule has 1 amide bonds. The number of ether oxygens (including phenoxy) is 1. The number of rotatable bonds is 6. The number of para-hydroxylation sites is 1. The van der Waals surface area contributed by atoms with E-state index in [1.165, 1.54) is 12.3 Å². The molecule has 0 radical (unpaired) electrons.